The quantitative estimate of drug-likeness (QED) is 0.0557. The minimum absolute atomic E-state index is 0.0840. The van der Waals surface area contributed by atoms with Crippen molar-refractivity contribution in [1.82, 2.24) is 5.43 Å². The van der Waals surface area contributed by atoms with Gasteiger partial charge < -0.3 is 9.64 Å². The van der Waals surface area contributed by atoms with Gasteiger partial charge in [-0.1, -0.05) is 230 Å². The second-order valence-corrected chi connectivity index (χ2v) is 16.1. The lowest BCUT2D eigenvalue weighted by atomic mass is 10.0. The van der Waals surface area contributed by atoms with Gasteiger partial charge in [0.1, 0.15) is 23.5 Å². The Morgan fingerprint density at radius 1 is 0.509 bits per heavy atom. The van der Waals surface area contributed by atoms with Crippen molar-refractivity contribution in [3.8, 4) is 11.5 Å². The molecule has 0 fully saturated rings. The molecule has 0 radical (unpaired) electrons. The first-order valence-electron chi connectivity index (χ1n) is 22.7. The molecule has 0 aromatic heterocycles. The second-order valence-electron chi connectivity index (χ2n) is 15.9. The molecule has 5 heteroatoms. The summed E-state index contributed by atoms with van der Waals surface area (Å²) in [6, 6.07) is 18.1. The molecular weight excluding hydrogens is 667 g/mol. The van der Waals surface area contributed by atoms with E-state index in [4.69, 9.17) is 17.0 Å². The Bertz CT molecular complexity index is 1150. The molecule has 0 saturated heterocycles. The van der Waals surface area contributed by atoms with Crippen LogP contribution in [0.4, 0.5) is 5.69 Å². The van der Waals surface area contributed by atoms with E-state index in [1.807, 2.05) is 42.5 Å². The molecule has 53 heavy (non-hydrogen) atoms. The zero-order valence-electron chi connectivity index (χ0n) is 34.2. The molecule has 0 spiro atoms. The molecule has 0 amide bonds. The van der Waals surface area contributed by atoms with Crippen molar-refractivity contribution in [2.75, 3.05) is 4.90 Å². The number of nitrogens with zero attached hydrogens (tertiary/aromatic N) is 2. The van der Waals surface area contributed by atoms with Crippen molar-refractivity contribution in [2.45, 2.75) is 219 Å². The van der Waals surface area contributed by atoms with Gasteiger partial charge in [0.2, 0.25) is 0 Å². The highest BCUT2D eigenvalue weighted by Gasteiger charge is 2.26. The maximum atomic E-state index is 5.98. The van der Waals surface area contributed by atoms with Gasteiger partial charge >= 0.3 is 0 Å². The summed E-state index contributed by atoms with van der Waals surface area (Å²) in [5, 5.41) is 6.40. The Morgan fingerprint density at radius 2 is 0.868 bits per heavy atom. The van der Waals surface area contributed by atoms with Crippen molar-refractivity contribution in [2.24, 2.45) is 5.10 Å². The highest BCUT2D eigenvalue weighted by atomic mass is 32.1. The summed E-state index contributed by atoms with van der Waals surface area (Å²) in [7, 11) is 0. The summed E-state index contributed by atoms with van der Waals surface area (Å²) in [6.45, 7) is 2.31. The number of thiocarbonyl (C=S) groups is 1. The van der Waals surface area contributed by atoms with Crippen molar-refractivity contribution in [1.29, 1.82) is 0 Å². The Labute approximate surface area is 332 Å². The summed E-state index contributed by atoms with van der Waals surface area (Å²) < 4.78 is 5.98. The second kappa shape index (κ2) is 31.9. The Balaban J connectivity index is 1.03. The highest BCUT2D eigenvalue weighted by Crippen LogP contribution is 2.27. The van der Waals surface area contributed by atoms with E-state index in [1.165, 1.54) is 193 Å². The fourth-order valence-corrected chi connectivity index (χ4v) is 7.95. The number of amidine groups is 1. The molecule has 2 aromatic rings. The number of ether oxygens (including phenoxy) is 1. The van der Waals surface area contributed by atoms with Crippen LogP contribution in [0.1, 0.15) is 212 Å². The van der Waals surface area contributed by atoms with E-state index in [2.05, 4.69) is 34.5 Å². The third-order valence-electron chi connectivity index (χ3n) is 11.1. The van der Waals surface area contributed by atoms with E-state index >= 15 is 0 Å². The summed E-state index contributed by atoms with van der Waals surface area (Å²) in [6.07, 6.45) is 45.3. The molecule has 1 heterocycles. The zero-order valence-corrected chi connectivity index (χ0v) is 35.0. The standard InChI is InChI=1S/C48H79N3OS/c1-2-3-4-5-6-7-8-9-10-11-12-13-14-15-16-17-18-19-20-21-22-23-24-25-26-27-28-29-30-31-35-38-47-49-50-48(43-53)51(47)44-39-41-46(42-40-44)52-45-36-33-32-34-37-45/h32-34,36-37,39-43,48,50H,2-31,35,38H2,1H3. The van der Waals surface area contributed by atoms with Crippen LogP contribution < -0.4 is 15.1 Å². The van der Waals surface area contributed by atoms with E-state index in [1.54, 1.807) is 5.37 Å². The van der Waals surface area contributed by atoms with Crippen molar-refractivity contribution in [3.63, 3.8) is 0 Å². The number of anilines is 1. The number of rotatable bonds is 36. The highest BCUT2D eigenvalue weighted by molar-refractivity contribution is 7.79. The zero-order chi connectivity index (χ0) is 37.3. The third-order valence-corrected chi connectivity index (χ3v) is 11.4. The third kappa shape index (κ3) is 21.9. The minimum atomic E-state index is -0.0840. The Hall–Kier alpha value is -2.40. The first-order valence-corrected chi connectivity index (χ1v) is 23.2. The summed E-state index contributed by atoms with van der Waals surface area (Å²) in [4.78, 5) is 2.22. The lowest BCUT2D eigenvalue weighted by molar-refractivity contribution is 0.482. The fourth-order valence-electron chi connectivity index (χ4n) is 7.77. The maximum absolute atomic E-state index is 5.98. The molecule has 1 aliphatic heterocycles. The lowest BCUT2D eigenvalue weighted by Gasteiger charge is -2.25. The van der Waals surface area contributed by atoms with Gasteiger partial charge in [0.05, 0.1) is 0 Å². The van der Waals surface area contributed by atoms with Crippen molar-refractivity contribution < 1.29 is 4.74 Å². The molecule has 4 nitrogen and oxygen atoms in total. The van der Waals surface area contributed by atoms with Crippen LogP contribution in [0.2, 0.25) is 0 Å². The number of nitrogens with one attached hydrogen (secondary N) is 1. The SMILES string of the molecule is CCCCCCCCCCCCCCCCCCCCCCCCCCCCCCCCCC1=NNC(C=S)N1c1ccc(Oc2ccccc2)cc1. The van der Waals surface area contributed by atoms with Gasteiger partial charge in [-0.15, -0.1) is 0 Å². The van der Waals surface area contributed by atoms with Gasteiger partial charge in [0.15, 0.2) is 0 Å². The minimum Gasteiger partial charge on any atom is -0.457 e. The van der Waals surface area contributed by atoms with Gasteiger partial charge in [-0.3, -0.25) is 5.43 Å². The Morgan fingerprint density at radius 3 is 1.25 bits per heavy atom. The fraction of sp³-hybridized carbons (Fsp3) is 0.708. The van der Waals surface area contributed by atoms with E-state index in [9.17, 15) is 0 Å². The maximum Gasteiger partial charge on any atom is 0.150 e. The first-order chi connectivity index (χ1) is 26.3. The summed E-state index contributed by atoms with van der Waals surface area (Å²) >= 11 is 5.32. The van der Waals surface area contributed by atoms with Crippen LogP contribution in [-0.2, 0) is 0 Å². The largest absolute Gasteiger partial charge is 0.457 e. The van der Waals surface area contributed by atoms with Crippen LogP contribution in [0.3, 0.4) is 0 Å². The van der Waals surface area contributed by atoms with E-state index < -0.39 is 0 Å². The lowest BCUT2D eigenvalue weighted by Crippen LogP contribution is -2.41. The molecule has 0 saturated carbocycles. The van der Waals surface area contributed by atoms with Crippen LogP contribution in [0, 0.1) is 0 Å². The van der Waals surface area contributed by atoms with Crippen LogP contribution in [-0.4, -0.2) is 17.4 Å². The summed E-state index contributed by atoms with van der Waals surface area (Å²) in [5.41, 5.74) is 4.29. The molecule has 1 N–H and O–H groups in total. The number of para-hydroxylation sites is 1. The normalized spacial score (nSPS) is 14.0. The van der Waals surface area contributed by atoms with Crippen LogP contribution in [0.5, 0.6) is 11.5 Å². The molecule has 1 atom stereocenters. The molecule has 1 aliphatic rings. The van der Waals surface area contributed by atoms with E-state index in [-0.39, 0.29) is 6.17 Å². The van der Waals surface area contributed by atoms with Crippen LogP contribution >= 0.6 is 12.2 Å². The molecule has 3 rings (SSSR count). The molecule has 298 valence electrons. The first kappa shape index (κ1) is 45.0. The number of unbranched alkanes of at least 4 members (excludes halogenated alkanes) is 30. The molecule has 0 bridgehead atoms. The molecule has 1 unspecified atom stereocenters. The predicted molar refractivity (Wildman–Crippen MR) is 237 cm³/mol. The van der Waals surface area contributed by atoms with E-state index in [0.29, 0.717) is 0 Å². The molecule has 0 aliphatic carbocycles. The number of hydrazone groups is 1. The van der Waals surface area contributed by atoms with Gasteiger partial charge in [-0.05, 0) is 42.8 Å². The molecular formula is C48H79N3OS. The topological polar surface area (TPSA) is 36.9 Å². The number of benzene rings is 2. The van der Waals surface area contributed by atoms with Gasteiger partial charge in [-0.2, -0.15) is 5.10 Å². The van der Waals surface area contributed by atoms with Gasteiger partial charge in [0.25, 0.3) is 0 Å². The van der Waals surface area contributed by atoms with Crippen LogP contribution in [0.25, 0.3) is 0 Å². The smallest absolute Gasteiger partial charge is 0.150 e. The van der Waals surface area contributed by atoms with Crippen molar-refractivity contribution >= 4 is 29.1 Å². The average molecular weight is 746 g/mol. The number of hydrogen-bond donors (Lipinski definition) is 1. The van der Waals surface area contributed by atoms with Gasteiger partial charge in [0, 0.05) is 17.5 Å². The summed E-state index contributed by atoms with van der Waals surface area (Å²) in [5.74, 6) is 2.74. The average Bonchev–Trinajstić information content (AvgIpc) is 3.60. The monoisotopic (exact) mass is 746 g/mol. The van der Waals surface area contributed by atoms with Crippen molar-refractivity contribution in [3.05, 3.63) is 54.6 Å². The predicted octanol–water partition coefficient (Wildman–Crippen LogP) is 16.0. The Kier molecular flexibility index (Phi) is 27.1. The number of hydrogen-bond acceptors (Lipinski definition) is 5. The van der Waals surface area contributed by atoms with E-state index in [0.717, 1.165) is 35.9 Å². The molecule has 2 aromatic carbocycles. The van der Waals surface area contributed by atoms with Crippen LogP contribution in [0.15, 0.2) is 59.7 Å². The van der Waals surface area contributed by atoms with Gasteiger partial charge in [-0.25, -0.2) is 0 Å².